The second kappa shape index (κ2) is 8.15. The molecule has 0 radical (unpaired) electrons. The van der Waals surface area contributed by atoms with Crippen LogP contribution in [0.15, 0.2) is 23.0 Å². The highest BCUT2D eigenvalue weighted by molar-refractivity contribution is 5.67. The summed E-state index contributed by atoms with van der Waals surface area (Å²) >= 11 is 0. The molecule has 2 fully saturated rings. The van der Waals surface area contributed by atoms with Crippen LogP contribution in [0.3, 0.4) is 0 Å². The first-order valence-electron chi connectivity index (χ1n) is 11.6. The van der Waals surface area contributed by atoms with E-state index in [1.54, 1.807) is 6.33 Å². The van der Waals surface area contributed by atoms with Gasteiger partial charge in [-0.1, -0.05) is 19.0 Å². The second-order valence-electron chi connectivity index (χ2n) is 9.49. The van der Waals surface area contributed by atoms with Gasteiger partial charge in [0.1, 0.15) is 18.0 Å². The van der Waals surface area contributed by atoms with Crippen LogP contribution < -0.4 is 10.2 Å². The maximum Gasteiger partial charge on any atom is 0.229 e. The van der Waals surface area contributed by atoms with E-state index in [2.05, 4.69) is 57.2 Å². The van der Waals surface area contributed by atoms with E-state index in [9.17, 15) is 0 Å². The third-order valence-corrected chi connectivity index (χ3v) is 6.84. The van der Waals surface area contributed by atoms with E-state index in [1.807, 2.05) is 19.9 Å². The molecule has 2 aliphatic heterocycles. The average molecular weight is 434 g/mol. The zero-order chi connectivity index (χ0) is 22.4. The minimum atomic E-state index is 0.284. The van der Waals surface area contributed by atoms with E-state index in [-0.39, 0.29) is 5.92 Å². The van der Waals surface area contributed by atoms with Crippen molar-refractivity contribution in [3.8, 4) is 0 Å². The third-order valence-electron chi connectivity index (χ3n) is 6.84. The molecule has 168 valence electrons. The highest BCUT2D eigenvalue weighted by Crippen LogP contribution is 2.45. The number of piperidine rings is 1. The fourth-order valence-electron chi connectivity index (χ4n) is 5.15. The van der Waals surface area contributed by atoms with E-state index in [0.29, 0.717) is 18.0 Å². The van der Waals surface area contributed by atoms with Gasteiger partial charge in [-0.2, -0.15) is 4.98 Å². The van der Waals surface area contributed by atoms with Crippen molar-refractivity contribution in [1.29, 1.82) is 0 Å². The molecule has 0 saturated carbocycles. The quantitative estimate of drug-likeness (QED) is 0.603. The average Bonchev–Trinajstić information content (AvgIpc) is 3.34. The summed E-state index contributed by atoms with van der Waals surface area (Å²) in [5, 5.41) is 7.65. The van der Waals surface area contributed by atoms with Crippen LogP contribution in [-0.4, -0.2) is 37.2 Å². The highest BCUT2D eigenvalue weighted by atomic mass is 16.5. The zero-order valence-corrected chi connectivity index (χ0v) is 19.5. The Balaban J connectivity index is 1.38. The van der Waals surface area contributed by atoms with Gasteiger partial charge in [-0.3, -0.25) is 4.98 Å². The van der Waals surface area contributed by atoms with Crippen molar-refractivity contribution in [2.45, 2.75) is 84.2 Å². The molecule has 0 aromatic carbocycles. The van der Waals surface area contributed by atoms with Crippen molar-refractivity contribution in [3.63, 3.8) is 0 Å². The van der Waals surface area contributed by atoms with Crippen molar-refractivity contribution < 1.29 is 4.52 Å². The predicted molar refractivity (Wildman–Crippen MR) is 123 cm³/mol. The number of hydrogen-bond donors (Lipinski definition) is 1. The van der Waals surface area contributed by atoms with Crippen molar-refractivity contribution >= 4 is 17.3 Å². The smallest absolute Gasteiger partial charge is 0.229 e. The van der Waals surface area contributed by atoms with Crippen molar-refractivity contribution in [3.05, 3.63) is 47.1 Å². The van der Waals surface area contributed by atoms with Gasteiger partial charge in [0, 0.05) is 35.2 Å². The van der Waals surface area contributed by atoms with Gasteiger partial charge in [0.15, 0.2) is 5.82 Å². The summed E-state index contributed by atoms with van der Waals surface area (Å²) in [5.41, 5.74) is 4.02. The van der Waals surface area contributed by atoms with Crippen LogP contribution in [-0.2, 0) is 0 Å². The lowest BCUT2D eigenvalue weighted by molar-refractivity contribution is 0.304. The molecule has 3 aromatic rings. The number of hydrogen-bond acceptors (Lipinski definition) is 8. The Bertz CT molecular complexity index is 1110. The van der Waals surface area contributed by atoms with Crippen LogP contribution in [0.1, 0.15) is 80.0 Å². The van der Waals surface area contributed by atoms with Gasteiger partial charge in [0.2, 0.25) is 5.89 Å². The Kier molecular flexibility index (Phi) is 5.31. The Morgan fingerprint density at radius 1 is 1.03 bits per heavy atom. The van der Waals surface area contributed by atoms with E-state index in [4.69, 9.17) is 9.51 Å². The monoisotopic (exact) mass is 433 g/mol. The highest BCUT2D eigenvalue weighted by Gasteiger charge is 2.44. The topological polar surface area (TPSA) is 92.9 Å². The molecule has 0 amide bonds. The lowest BCUT2D eigenvalue weighted by Crippen LogP contribution is -2.43. The first-order valence-corrected chi connectivity index (χ1v) is 11.6. The number of aromatic nitrogens is 5. The van der Waals surface area contributed by atoms with Crippen molar-refractivity contribution in [2.75, 3.05) is 10.2 Å². The zero-order valence-electron chi connectivity index (χ0n) is 19.5. The summed E-state index contributed by atoms with van der Waals surface area (Å²) in [6.07, 6.45) is 6.03. The molecule has 5 rings (SSSR count). The molecule has 8 nitrogen and oxygen atoms in total. The summed E-state index contributed by atoms with van der Waals surface area (Å²) in [5.74, 6) is 4.08. The number of rotatable bonds is 5. The lowest BCUT2D eigenvalue weighted by Gasteiger charge is -2.39. The molecule has 2 bridgehead atoms. The van der Waals surface area contributed by atoms with Crippen LogP contribution >= 0.6 is 0 Å². The summed E-state index contributed by atoms with van der Waals surface area (Å²) in [7, 11) is 0. The summed E-state index contributed by atoms with van der Waals surface area (Å²) < 4.78 is 5.64. The minimum Gasteiger partial charge on any atom is -0.350 e. The number of aryl methyl sites for hydroxylation is 2. The standard InChI is InChI=1S/C24H31N7O/c1-13(2)21-29-24(32-30-21)17-10-18-7-8-19(11-17)31(18)23-15(4)22(25-12-26-23)28-20-9-6-14(3)27-16(20)5/h6,9,12-13,17-19H,7-8,10-11H2,1-5H3,(H,25,26,28). The number of anilines is 3. The summed E-state index contributed by atoms with van der Waals surface area (Å²) in [4.78, 5) is 21.0. The van der Waals surface area contributed by atoms with Crippen molar-refractivity contribution in [2.24, 2.45) is 0 Å². The van der Waals surface area contributed by atoms with Gasteiger partial charge < -0.3 is 14.7 Å². The molecule has 3 aromatic heterocycles. The van der Waals surface area contributed by atoms with Crippen LogP contribution in [0.5, 0.6) is 0 Å². The van der Waals surface area contributed by atoms with Gasteiger partial charge in [-0.15, -0.1) is 0 Å². The normalized spacial score (nSPS) is 22.6. The summed E-state index contributed by atoms with van der Waals surface area (Å²) in [6.45, 7) is 10.3. The first-order chi connectivity index (χ1) is 15.4. The van der Waals surface area contributed by atoms with Crippen LogP contribution in [0.25, 0.3) is 0 Å². The van der Waals surface area contributed by atoms with Gasteiger partial charge in [-0.05, 0) is 58.6 Å². The van der Waals surface area contributed by atoms with E-state index >= 15 is 0 Å². The van der Waals surface area contributed by atoms with E-state index in [0.717, 1.165) is 58.8 Å². The number of pyridine rings is 1. The fourth-order valence-corrected chi connectivity index (χ4v) is 5.15. The van der Waals surface area contributed by atoms with Gasteiger partial charge >= 0.3 is 0 Å². The Labute approximate surface area is 188 Å². The van der Waals surface area contributed by atoms with Crippen LogP contribution in [0.2, 0.25) is 0 Å². The Morgan fingerprint density at radius 2 is 1.78 bits per heavy atom. The molecule has 2 aliphatic rings. The number of fused-ring (bicyclic) bond motifs is 2. The molecule has 0 spiro atoms. The minimum absolute atomic E-state index is 0.284. The van der Waals surface area contributed by atoms with Gasteiger partial charge in [0.25, 0.3) is 0 Å². The fraction of sp³-hybridized carbons (Fsp3) is 0.542. The molecular formula is C24H31N7O. The second-order valence-corrected chi connectivity index (χ2v) is 9.49. The number of nitrogens with zero attached hydrogens (tertiary/aromatic N) is 6. The Morgan fingerprint density at radius 3 is 2.44 bits per heavy atom. The van der Waals surface area contributed by atoms with E-state index < -0.39 is 0 Å². The maximum absolute atomic E-state index is 5.64. The first kappa shape index (κ1) is 20.8. The largest absolute Gasteiger partial charge is 0.350 e. The number of nitrogens with one attached hydrogen (secondary N) is 1. The van der Waals surface area contributed by atoms with Crippen LogP contribution in [0.4, 0.5) is 17.3 Å². The predicted octanol–water partition coefficient (Wildman–Crippen LogP) is 4.96. The SMILES string of the molecule is Cc1ccc(Nc2ncnc(N3C4CCC3CC(c3nc(C(C)C)no3)C4)c2C)c(C)n1. The molecule has 2 unspecified atom stereocenters. The van der Waals surface area contributed by atoms with E-state index in [1.165, 1.54) is 12.8 Å². The van der Waals surface area contributed by atoms with Crippen LogP contribution in [0, 0.1) is 20.8 Å². The van der Waals surface area contributed by atoms with Gasteiger partial charge in [-0.25, -0.2) is 9.97 Å². The molecule has 2 atom stereocenters. The molecule has 2 saturated heterocycles. The molecular weight excluding hydrogens is 402 g/mol. The molecule has 0 aliphatic carbocycles. The molecule has 1 N–H and O–H groups in total. The maximum atomic E-state index is 5.64. The van der Waals surface area contributed by atoms with Crippen molar-refractivity contribution in [1.82, 2.24) is 25.1 Å². The third kappa shape index (κ3) is 3.72. The Hall–Kier alpha value is -3.03. The lowest BCUT2D eigenvalue weighted by atomic mass is 9.90. The van der Waals surface area contributed by atoms with Gasteiger partial charge in [0.05, 0.1) is 11.4 Å². The molecule has 8 heteroatoms. The molecule has 5 heterocycles. The summed E-state index contributed by atoms with van der Waals surface area (Å²) in [6, 6.07) is 4.93. The molecule has 32 heavy (non-hydrogen) atoms.